The van der Waals surface area contributed by atoms with Gasteiger partial charge in [0, 0.05) is 6.54 Å². The van der Waals surface area contributed by atoms with E-state index in [-0.39, 0.29) is 5.78 Å². The molecule has 0 aromatic carbocycles. The fourth-order valence-corrected chi connectivity index (χ4v) is 1.19. The number of nitriles is 1. The SMILES string of the molecule is CCn1nncc1C(C)(C#N)C(C)=O. The van der Waals surface area contributed by atoms with E-state index >= 15 is 0 Å². The van der Waals surface area contributed by atoms with Crippen LogP contribution in [0.15, 0.2) is 6.20 Å². The van der Waals surface area contributed by atoms with Crippen molar-refractivity contribution in [3.63, 3.8) is 0 Å². The molecular weight excluding hydrogens is 180 g/mol. The Morgan fingerprint density at radius 2 is 2.43 bits per heavy atom. The van der Waals surface area contributed by atoms with E-state index in [1.807, 2.05) is 13.0 Å². The molecule has 5 heteroatoms. The number of rotatable bonds is 3. The van der Waals surface area contributed by atoms with E-state index in [1.54, 1.807) is 11.6 Å². The Kier molecular flexibility index (Phi) is 2.65. The van der Waals surface area contributed by atoms with E-state index < -0.39 is 5.41 Å². The number of carbonyl (C=O) groups excluding carboxylic acids is 1. The van der Waals surface area contributed by atoms with E-state index in [0.29, 0.717) is 12.2 Å². The maximum absolute atomic E-state index is 11.4. The van der Waals surface area contributed by atoms with Crippen molar-refractivity contribution in [3.05, 3.63) is 11.9 Å². The van der Waals surface area contributed by atoms with Gasteiger partial charge in [0.25, 0.3) is 0 Å². The Morgan fingerprint density at radius 1 is 1.79 bits per heavy atom. The largest absolute Gasteiger partial charge is 0.298 e. The van der Waals surface area contributed by atoms with Gasteiger partial charge in [-0.2, -0.15) is 5.26 Å². The van der Waals surface area contributed by atoms with Crippen molar-refractivity contribution in [2.45, 2.75) is 32.7 Å². The van der Waals surface area contributed by atoms with Gasteiger partial charge in [-0.05, 0) is 20.8 Å². The molecule has 0 bridgehead atoms. The second kappa shape index (κ2) is 3.58. The van der Waals surface area contributed by atoms with E-state index in [0.717, 1.165) is 0 Å². The molecule has 0 fully saturated rings. The summed E-state index contributed by atoms with van der Waals surface area (Å²) >= 11 is 0. The van der Waals surface area contributed by atoms with Crippen molar-refractivity contribution in [2.75, 3.05) is 0 Å². The predicted octanol–water partition coefficient (Wildman–Crippen LogP) is 0.668. The van der Waals surface area contributed by atoms with Gasteiger partial charge in [-0.25, -0.2) is 4.68 Å². The standard InChI is InChI=1S/C9H12N4O/c1-4-13-8(5-11-12-13)9(3,6-10)7(2)14/h5H,4H2,1-3H3. The Morgan fingerprint density at radius 3 is 2.86 bits per heavy atom. The third-order valence-corrected chi connectivity index (χ3v) is 2.36. The molecule has 1 atom stereocenters. The second-order valence-electron chi connectivity index (χ2n) is 3.23. The van der Waals surface area contributed by atoms with Crippen LogP contribution in [-0.2, 0) is 16.8 Å². The van der Waals surface area contributed by atoms with Crippen molar-refractivity contribution in [1.82, 2.24) is 15.0 Å². The summed E-state index contributed by atoms with van der Waals surface area (Å²) in [5.41, 5.74) is -0.588. The number of aryl methyl sites for hydroxylation is 1. The molecule has 0 N–H and O–H groups in total. The molecule has 0 aliphatic rings. The van der Waals surface area contributed by atoms with Crippen LogP contribution in [0.4, 0.5) is 0 Å². The lowest BCUT2D eigenvalue weighted by atomic mass is 9.85. The van der Waals surface area contributed by atoms with Crippen LogP contribution in [-0.4, -0.2) is 20.8 Å². The molecule has 0 saturated carbocycles. The number of aromatic nitrogens is 3. The molecule has 1 aromatic heterocycles. The smallest absolute Gasteiger partial charge is 0.155 e. The molecule has 1 rings (SSSR count). The number of nitrogens with zero attached hydrogens (tertiary/aromatic N) is 4. The molecule has 0 aliphatic carbocycles. The minimum atomic E-state index is -1.14. The molecule has 1 unspecified atom stereocenters. The highest BCUT2D eigenvalue weighted by Crippen LogP contribution is 2.22. The van der Waals surface area contributed by atoms with Crippen molar-refractivity contribution in [3.8, 4) is 6.07 Å². The van der Waals surface area contributed by atoms with Crippen molar-refractivity contribution >= 4 is 5.78 Å². The zero-order chi connectivity index (χ0) is 10.8. The van der Waals surface area contributed by atoms with Gasteiger partial charge in [-0.1, -0.05) is 5.21 Å². The average Bonchev–Trinajstić information content (AvgIpc) is 2.64. The van der Waals surface area contributed by atoms with Crippen LogP contribution in [0.3, 0.4) is 0 Å². The molecule has 0 spiro atoms. The topological polar surface area (TPSA) is 71.6 Å². The summed E-state index contributed by atoms with van der Waals surface area (Å²) in [4.78, 5) is 11.4. The zero-order valence-electron chi connectivity index (χ0n) is 8.48. The molecule has 5 nitrogen and oxygen atoms in total. The average molecular weight is 192 g/mol. The number of ketones is 1. The monoisotopic (exact) mass is 192 g/mol. The maximum atomic E-state index is 11.4. The van der Waals surface area contributed by atoms with Crippen molar-refractivity contribution in [1.29, 1.82) is 5.26 Å². The van der Waals surface area contributed by atoms with Crippen molar-refractivity contribution < 1.29 is 4.79 Å². The molecule has 14 heavy (non-hydrogen) atoms. The number of hydrogen-bond acceptors (Lipinski definition) is 4. The van der Waals surface area contributed by atoms with Crippen LogP contribution in [0.25, 0.3) is 0 Å². The minimum absolute atomic E-state index is 0.197. The Balaban J connectivity index is 3.27. The highest BCUT2D eigenvalue weighted by molar-refractivity contribution is 5.90. The molecule has 1 heterocycles. The quantitative estimate of drug-likeness (QED) is 0.705. The molecular formula is C9H12N4O. The van der Waals surface area contributed by atoms with Crippen LogP contribution in [0.1, 0.15) is 26.5 Å². The van der Waals surface area contributed by atoms with E-state index in [1.165, 1.54) is 13.1 Å². The van der Waals surface area contributed by atoms with Gasteiger partial charge in [0.05, 0.1) is 18.0 Å². The lowest BCUT2D eigenvalue weighted by Crippen LogP contribution is -2.31. The predicted molar refractivity (Wildman–Crippen MR) is 49.3 cm³/mol. The molecule has 0 radical (unpaired) electrons. The minimum Gasteiger partial charge on any atom is -0.298 e. The summed E-state index contributed by atoms with van der Waals surface area (Å²) in [7, 11) is 0. The summed E-state index contributed by atoms with van der Waals surface area (Å²) < 4.78 is 1.56. The number of Topliss-reactive ketones (excluding diaryl/α,β-unsaturated/α-hetero) is 1. The molecule has 0 amide bonds. The molecule has 0 aliphatic heterocycles. The van der Waals surface area contributed by atoms with Crippen LogP contribution in [0, 0.1) is 11.3 Å². The van der Waals surface area contributed by atoms with Gasteiger partial charge in [0.15, 0.2) is 11.2 Å². The van der Waals surface area contributed by atoms with Gasteiger partial charge < -0.3 is 0 Å². The van der Waals surface area contributed by atoms with Gasteiger partial charge in [0.1, 0.15) is 0 Å². The maximum Gasteiger partial charge on any atom is 0.155 e. The summed E-state index contributed by atoms with van der Waals surface area (Å²) in [5, 5.41) is 16.5. The first-order chi connectivity index (χ1) is 6.56. The fraction of sp³-hybridized carbons (Fsp3) is 0.556. The summed E-state index contributed by atoms with van der Waals surface area (Å²) in [5.74, 6) is -0.197. The van der Waals surface area contributed by atoms with Crippen molar-refractivity contribution in [2.24, 2.45) is 0 Å². The number of carbonyl (C=O) groups is 1. The first-order valence-electron chi connectivity index (χ1n) is 4.37. The first kappa shape index (κ1) is 10.4. The number of hydrogen-bond donors (Lipinski definition) is 0. The van der Waals surface area contributed by atoms with Gasteiger partial charge in [0.2, 0.25) is 0 Å². The summed E-state index contributed by atoms with van der Waals surface area (Å²) in [6.45, 7) is 5.46. The van der Waals surface area contributed by atoms with Crippen LogP contribution in [0.2, 0.25) is 0 Å². The fourth-order valence-electron chi connectivity index (χ4n) is 1.19. The van der Waals surface area contributed by atoms with E-state index in [9.17, 15) is 4.79 Å². The van der Waals surface area contributed by atoms with Gasteiger partial charge in [-0.3, -0.25) is 4.79 Å². The highest BCUT2D eigenvalue weighted by atomic mass is 16.1. The third kappa shape index (κ3) is 1.39. The first-order valence-corrected chi connectivity index (χ1v) is 4.37. The zero-order valence-corrected chi connectivity index (χ0v) is 8.48. The Hall–Kier alpha value is -1.70. The lowest BCUT2D eigenvalue weighted by Gasteiger charge is -2.17. The molecule has 0 saturated heterocycles. The third-order valence-electron chi connectivity index (χ3n) is 2.36. The highest BCUT2D eigenvalue weighted by Gasteiger charge is 2.35. The van der Waals surface area contributed by atoms with E-state index in [4.69, 9.17) is 5.26 Å². The molecule has 1 aromatic rings. The van der Waals surface area contributed by atoms with Crippen LogP contribution >= 0.6 is 0 Å². The molecule has 74 valence electrons. The lowest BCUT2D eigenvalue weighted by molar-refractivity contribution is -0.120. The van der Waals surface area contributed by atoms with Gasteiger partial charge in [-0.15, -0.1) is 5.10 Å². The second-order valence-corrected chi connectivity index (χ2v) is 3.23. The van der Waals surface area contributed by atoms with E-state index in [2.05, 4.69) is 10.3 Å². The van der Waals surface area contributed by atoms with Gasteiger partial charge >= 0.3 is 0 Å². The van der Waals surface area contributed by atoms with Crippen LogP contribution < -0.4 is 0 Å². The normalized spacial score (nSPS) is 14.4. The van der Waals surface area contributed by atoms with Crippen LogP contribution in [0.5, 0.6) is 0 Å². The Bertz CT molecular complexity index is 390. The summed E-state index contributed by atoms with van der Waals surface area (Å²) in [6.07, 6.45) is 1.47. The summed E-state index contributed by atoms with van der Waals surface area (Å²) in [6, 6.07) is 2.00. The Labute approximate surface area is 82.3 Å².